The number of amides is 1. The maximum atomic E-state index is 12.5. The number of hydrogen-bond donors (Lipinski definition) is 1. The number of carbonyl (C=O) groups is 1. The third-order valence-electron chi connectivity index (χ3n) is 5.33. The average Bonchev–Trinajstić information content (AvgIpc) is 2.74. The standard InChI is InChI=1S/C25H30N2O3S/c1-19(2)21-15-13-20(14-16-21)8-7-17-26-25(28)18-27(31(3,29)30)24-12-6-10-22-9-4-5-11-23(22)24/h4-6,9-16,19H,7-8,17-18H2,1-3H3,(H,26,28). The Morgan fingerprint density at radius 3 is 2.32 bits per heavy atom. The monoisotopic (exact) mass is 438 g/mol. The Morgan fingerprint density at radius 1 is 0.968 bits per heavy atom. The molecule has 0 heterocycles. The summed E-state index contributed by atoms with van der Waals surface area (Å²) >= 11 is 0. The van der Waals surface area contributed by atoms with Crippen LogP contribution >= 0.6 is 0 Å². The van der Waals surface area contributed by atoms with Crippen LogP contribution in [0.1, 0.15) is 37.3 Å². The molecule has 0 aliphatic carbocycles. The summed E-state index contributed by atoms with van der Waals surface area (Å²) in [6.07, 6.45) is 2.78. The maximum absolute atomic E-state index is 12.5. The van der Waals surface area contributed by atoms with Crippen molar-refractivity contribution in [3.8, 4) is 0 Å². The van der Waals surface area contributed by atoms with Gasteiger partial charge in [-0.05, 0) is 41.3 Å². The van der Waals surface area contributed by atoms with Crippen molar-refractivity contribution in [2.45, 2.75) is 32.6 Å². The third kappa shape index (κ3) is 6.07. The van der Waals surface area contributed by atoms with Gasteiger partial charge < -0.3 is 5.32 Å². The van der Waals surface area contributed by atoms with Crippen molar-refractivity contribution < 1.29 is 13.2 Å². The van der Waals surface area contributed by atoms with E-state index in [1.165, 1.54) is 15.4 Å². The van der Waals surface area contributed by atoms with Crippen LogP contribution in [0.4, 0.5) is 5.69 Å². The highest BCUT2D eigenvalue weighted by Gasteiger charge is 2.22. The van der Waals surface area contributed by atoms with Crippen LogP contribution in [0.2, 0.25) is 0 Å². The summed E-state index contributed by atoms with van der Waals surface area (Å²) in [5.74, 6) is 0.196. The van der Waals surface area contributed by atoms with Crippen LogP contribution in [0.25, 0.3) is 10.8 Å². The molecule has 0 saturated carbocycles. The number of nitrogens with zero attached hydrogens (tertiary/aromatic N) is 1. The molecule has 0 fully saturated rings. The van der Waals surface area contributed by atoms with Gasteiger partial charge in [-0.15, -0.1) is 0 Å². The van der Waals surface area contributed by atoms with Crippen molar-refractivity contribution in [2.24, 2.45) is 0 Å². The van der Waals surface area contributed by atoms with E-state index in [0.717, 1.165) is 29.9 Å². The van der Waals surface area contributed by atoms with E-state index in [2.05, 4.69) is 43.4 Å². The quantitative estimate of drug-likeness (QED) is 0.501. The molecule has 1 N–H and O–H groups in total. The topological polar surface area (TPSA) is 66.5 Å². The van der Waals surface area contributed by atoms with Crippen molar-refractivity contribution in [1.29, 1.82) is 0 Å². The lowest BCUT2D eigenvalue weighted by molar-refractivity contribution is -0.119. The second kappa shape index (κ2) is 9.96. The van der Waals surface area contributed by atoms with E-state index in [4.69, 9.17) is 0 Å². The van der Waals surface area contributed by atoms with Crippen molar-refractivity contribution in [2.75, 3.05) is 23.7 Å². The Balaban J connectivity index is 1.60. The van der Waals surface area contributed by atoms with Crippen molar-refractivity contribution in [1.82, 2.24) is 5.32 Å². The number of rotatable bonds is 9. The zero-order valence-electron chi connectivity index (χ0n) is 18.3. The Bertz CT molecular complexity index is 1130. The summed E-state index contributed by atoms with van der Waals surface area (Å²) in [5.41, 5.74) is 3.06. The molecule has 31 heavy (non-hydrogen) atoms. The molecule has 0 unspecified atom stereocenters. The normalized spacial score (nSPS) is 11.6. The van der Waals surface area contributed by atoms with Gasteiger partial charge in [0.2, 0.25) is 15.9 Å². The van der Waals surface area contributed by atoms with Crippen LogP contribution in [0.15, 0.2) is 66.7 Å². The summed E-state index contributed by atoms with van der Waals surface area (Å²) in [6.45, 7) is 4.60. The summed E-state index contributed by atoms with van der Waals surface area (Å²) in [6, 6.07) is 21.6. The van der Waals surface area contributed by atoms with Crippen molar-refractivity contribution >= 4 is 32.4 Å². The number of hydrogen-bond acceptors (Lipinski definition) is 3. The van der Waals surface area contributed by atoms with Gasteiger partial charge in [0.05, 0.1) is 11.9 Å². The number of benzene rings is 3. The largest absolute Gasteiger partial charge is 0.355 e. The first-order chi connectivity index (χ1) is 14.8. The van der Waals surface area contributed by atoms with E-state index < -0.39 is 10.0 Å². The van der Waals surface area contributed by atoms with Crippen LogP contribution in [-0.4, -0.2) is 33.7 Å². The fourth-order valence-electron chi connectivity index (χ4n) is 3.58. The molecule has 0 aliphatic rings. The van der Waals surface area contributed by atoms with Gasteiger partial charge in [0, 0.05) is 11.9 Å². The van der Waals surface area contributed by atoms with Crippen LogP contribution < -0.4 is 9.62 Å². The maximum Gasteiger partial charge on any atom is 0.240 e. The Morgan fingerprint density at radius 2 is 1.65 bits per heavy atom. The van der Waals surface area contributed by atoms with E-state index in [0.29, 0.717) is 18.2 Å². The van der Waals surface area contributed by atoms with E-state index in [1.54, 1.807) is 12.1 Å². The van der Waals surface area contributed by atoms with Crippen LogP contribution in [-0.2, 0) is 21.2 Å². The zero-order chi connectivity index (χ0) is 22.4. The van der Waals surface area contributed by atoms with E-state index in [-0.39, 0.29) is 12.5 Å². The Hall–Kier alpha value is -2.86. The Labute approximate surface area is 185 Å². The van der Waals surface area contributed by atoms with Gasteiger partial charge in [-0.25, -0.2) is 8.42 Å². The van der Waals surface area contributed by atoms with Gasteiger partial charge in [-0.2, -0.15) is 0 Å². The summed E-state index contributed by atoms with van der Waals surface area (Å²) in [7, 11) is -3.62. The van der Waals surface area contributed by atoms with Crippen LogP contribution in [0, 0.1) is 0 Å². The van der Waals surface area contributed by atoms with Crippen molar-refractivity contribution in [3.05, 3.63) is 77.9 Å². The van der Waals surface area contributed by atoms with E-state index in [9.17, 15) is 13.2 Å². The zero-order valence-corrected chi connectivity index (χ0v) is 19.2. The molecule has 1 amide bonds. The number of carbonyl (C=O) groups excluding carboxylic acids is 1. The van der Waals surface area contributed by atoms with Gasteiger partial charge in [-0.3, -0.25) is 9.10 Å². The van der Waals surface area contributed by atoms with Crippen LogP contribution in [0.5, 0.6) is 0 Å². The number of aryl methyl sites for hydroxylation is 1. The highest BCUT2D eigenvalue weighted by molar-refractivity contribution is 7.92. The molecule has 0 aromatic heterocycles. The molecular formula is C25H30N2O3S. The minimum absolute atomic E-state index is 0.240. The van der Waals surface area contributed by atoms with Gasteiger partial charge in [0.1, 0.15) is 6.54 Å². The van der Waals surface area contributed by atoms with Gasteiger partial charge in [-0.1, -0.05) is 74.5 Å². The first kappa shape index (κ1) is 22.8. The van der Waals surface area contributed by atoms with E-state index >= 15 is 0 Å². The molecule has 0 spiro atoms. The molecule has 6 heteroatoms. The van der Waals surface area contributed by atoms with Crippen molar-refractivity contribution in [3.63, 3.8) is 0 Å². The minimum Gasteiger partial charge on any atom is -0.355 e. The first-order valence-corrected chi connectivity index (χ1v) is 12.4. The molecule has 5 nitrogen and oxygen atoms in total. The smallest absolute Gasteiger partial charge is 0.240 e. The minimum atomic E-state index is -3.62. The lowest BCUT2D eigenvalue weighted by atomic mass is 10.0. The molecule has 0 saturated heterocycles. The lowest BCUT2D eigenvalue weighted by Crippen LogP contribution is -2.40. The fourth-order valence-corrected chi connectivity index (χ4v) is 4.45. The molecule has 0 aliphatic heterocycles. The predicted octanol–water partition coefficient (Wildman–Crippen LogP) is 4.48. The summed E-state index contributed by atoms with van der Waals surface area (Å²) in [5, 5.41) is 4.59. The molecule has 0 atom stereocenters. The second-order valence-electron chi connectivity index (χ2n) is 8.12. The van der Waals surface area contributed by atoms with E-state index in [1.807, 2.05) is 30.3 Å². The number of fused-ring (bicyclic) bond motifs is 1. The predicted molar refractivity (Wildman–Crippen MR) is 128 cm³/mol. The SMILES string of the molecule is CC(C)c1ccc(CCCNC(=O)CN(c2cccc3ccccc23)S(C)(=O)=O)cc1. The number of sulfonamides is 1. The van der Waals surface area contributed by atoms with Gasteiger partial charge >= 0.3 is 0 Å². The molecule has 3 rings (SSSR count). The fraction of sp³-hybridized carbons (Fsp3) is 0.320. The van der Waals surface area contributed by atoms with Gasteiger partial charge in [0.15, 0.2) is 0 Å². The molecule has 3 aromatic rings. The molecular weight excluding hydrogens is 408 g/mol. The summed E-state index contributed by atoms with van der Waals surface area (Å²) < 4.78 is 26.1. The van der Waals surface area contributed by atoms with Crippen LogP contribution in [0.3, 0.4) is 0 Å². The average molecular weight is 439 g/mol. The number of anilines is 1. The highest BCUT2D eigenvalue weighted by atomic mass is 32.2. The van der Waals surface area contributed by atoms with Gasteiger partial charge in [0.25, 0.3) is 0 Å². The Kier molecular flexibility index (Phi) is 7.33. The first-order valence-electron chi connectivity index (χ1n) is 10.6. The number of nitrogens with one attached hydrogen (secondary N) is 1. The highest BCUT2D eigenvalue weighted by Crippen LogP contribution is 2.28. The molecule has 3 aromatic carbocycles. The molecule has 0 bridgehead atoms. The lowest BCUT2D eigenvalue weighted by Gasteiger charge is -2.23. The summed E-state index contributed by atoms with van der Waals surface area (Å²) in [4.78, 5) is 12.5. The third-order valence-corrected chi connectivity index (χ3v) is 6.46. The molecule has 0 radical (unpaired) electrons. The second-order valence-corrected chi connectivity index (χ2v) is 10.0. The molecule has 164 valence electrons.